The first kappa shape index (κ1) is 7.39. The Morgan fingerprint density at radius 2 is 2.50 bits per heavy atom. The fourth-order valence-corrected chi connectivity index (χ4v) is 1.62. The number of carbonyl (C=O) groups excluding carboxylic acids is 2. The zero-order chi connectivity index (χ0) is 8.72. The summed E-state index contributed by atoms with van der Waals surface area (Å²) in [5, 5.41) is 2.56. The van der Waals surface area contributed by atoms with Crippen LogP contribution in [0.15, 0.2) is 0 Å². The molecular weight excluding hydrogens is 162 g/mol. The van der Waals surface area contributed by atoms with Crippen LogP contribution in [0.2, 0.25) is 0 Å². The molecule has 0 aromatic carbocycles. The number of ether oxygens (including phenoxy) is 2. The van der Waals surface area contributed by atoms with Gasteiger partial charge in [-0.3, -0.25) is 4.79 Å². The van der Waals surface area contributed by atoms with Crippen LogP contribution in [0.25, 0.3) is 0 Å². The Hall–Kier alpha value is -1.26. The van der Waals surface area contributed by atoms with E-state index in [1.165, 1.54) is 7.11 Å². The van der Waals surface area contributed by atoms with Crippen LogP contribution in [0.5, 0.6) is 0 Å². The molecule has 2 rings (SSSR count). The van der Waals surface area contributed by atoms with Crippen molar-refractivity contribution in [2.24, 2.45) is 5.92 Å². The number of alkyl carbamates (subject to hydrolysis) is 1. The zero-order valence-electron chi connectivity index (χ0n) is 6.57. The lowest BCUT2D eigenvalue weighted by molar-refractivity contribution is -0.152. The fourth-order valence-electron chi connectivity index (χ4n) is 1.62. The molecule has 0 aromatic heterocycles. The topological polar surface area (TPSA) is 64.6 Å². The number of methoxy groups -OCH3 is 1. The van der Waals surface area contributed by atoms with Crippen LogP contribution in [-0.2, 0) is 14.3 Å². The molecule has 0 radical (unpaired) electrons. The average Bonchev–Trinajstić information content (AvgIpc) is 2.31. The van der Waals surface area contributed by atoms with Crippen LogP contribution >= 0.6 is 0 Å². The molecule has 1 aliphatic carbocycles. The van der Waals surface area contributed by atoms with Crippen molar-refractivity contribution in [3.8, 4) is 0 Å². The van der Waals surface area contributed by atoms with Gasteiger partial charge < -0.3 is 14.8 Å². The lowest BCUT2D eigenvalue weighted by Crippen LogP contribution is -2.53. The maximum Gasteiger partial charge on any atom is 0.407 e. The number of rotatable bonds is 1. The second-order valence-electron chi connectivity index (χ2n) is 2.98. The Kier molecular flexibility index (Phi) is 1.46. The van der Waals surface area contributed by atoms with Gasteiger partial charge >= 0.3 is 12.1 Å². The summed E-state index contributed by atoms with van der Waals surface area (Å²) in [6.07, 6.45) is 0.0220. The number of hydrogen-bond acceptors (Lipinski definition) is 4. The van der Waals surface area contributed by atoms with E-state index >= 15 is 0 Å². The SMILES string of the molecule is COC(=O)[C@H]1C[C@@H]2OC(=O)N[C@@H]21. The highest BCUT2D eigenvalue weighted by molar-refractivity contribution is 5.79. The van der Waals surface area contributed by atoms with Gasteiger partial charge in [0.15, 0.2) is 0 Å². The second kappa shape index (κ2) is 2.36. The minimum atomic E-state index is -0.434. The first-order valence-electron chi connectivity index (χ1n) is 3.77. The van der Waals surface area contributed by atoms with Crippen molar-refractivity contribution < 1.29 is 19.1 Å². The van der Waals surface area contributed by atoms with Crippen LogP contribution < -0.4 is 5.32 Å². The standard InChI is InChI=1S/C7H9NO4/c1-11-6(9)3-2-4-5(3)8-7(10)12-4/h3-5H,2H2,1H3,(H,8,10)/t3-,4-,5+/m0/s1. The van der Waals surface area contributed by atoms with Gasteiger partial charge in [0.2, 0.25) is 0 Å². The fraction of sp³-hybridized carbons (Fsp3) is 0.714. The summed E-state index contributed by atoms with van der Waals surface area (Å²) in [4.78, 5) is 21.7. The number of hydrogen-bond donors (Lipinski definition) is 1. The first-order chi connectivity index (χ1) is 5.72. The Bertz CT molecular complexity index is 240. The van der Waals surface area contributed by atoms with E-state index < -0.39 is 6.09 Å². The summed E-state index contributed by atoms with van der Waals surface area (Å²) < 4.78 is 9.38. The first-order valence-corrected chi connectivity index (χ1v) is 3.77. The number of fused-ring (bicyclic) bond motifs is 1. The van der Waals surface area contributed by atoms with Gasteiger partial charge in [0.05, 0.1) is 19.1 Å². The summed E-state index contributed by atoms with van der Waals surface area (Å²) in [6, 6.07) is -0.162. The summed E-state index contributed by atoms with van der Waals surface area (Å²) in [6.45, 7) is 0. The minimum absolute atomic E-state index is 0.124. The van der Waals surface area contributed by atoms with E-state index in [0.717, 1.165) is 0 Å². The number of nitrogens with one attached hydrogen (secondary N) is 1. The van der Waals surface area contributed by atoms with Crippen LogP contribution in [0.3, 0.4) is 0 Å². The van der Waals surface area contributed by atoms with Crippen LogP contribution in [0.1, 0.15) is 6.42 Å². The normalized spacial score (nSPS) is 37.4. The average molecular weight is 171 g/mol. The maximum atomic E-state index is 11.0. The molecule has 5 nitrogen and oxygen atoms in total. The molecule has 1 heterocycles. The lowest BCUT2D eigenvalue weighted by Gasteiger charge is -2.34. The molecule has 0 bridgehead atoms. The smallest absolute Gasteiger partial charge is 0.407 e. The largest absolute Gasteiger partial charge is 0.469 e. The monoisotopic (exact) mass is 171 g/mol. The van der Waals surface area contributed by atoms with Gasteiger partial charge in [-0.05, 0) is 0 Å². The molecule has 1 amide bonds. The number of amides is 1. The van der Waals surface area contributed by atoms with E-state index in [2.05, 4.69) is 10.1 Å². The molecular formula is C7H9NO4. The molecule has 12 heavy (non-hydrogen) atoms. The molecule has 0 aromatic rings. The highest BCUT2D eigenvalue weighted by atomic mass is 16.6. The zero-order valence-corrected chi connectivity index (χ0v) is 6.57. The Morgan fingerprint density at radius 3 is 3.08 bits per heavy atom. The van der Waals surface area contributed by atoms with Gasteiger partial charge in [0, 0.05) is 6.42 Å². The van der Waals surface area contributed by atoms with Gasteiger partial charge in [-0.1, -0.05) is 0 Å². The predicted molar refractivity (Wildman–Crippen MR) is 37.3 cm³/mol. The molecule has 3 atom stereocenters. The van der Waals surface area contributed by atoms with Crippen molar-refractivity contribution in [2.75, 3.05) is 7.11 Å². The van der Waals surface area contributed by atoms with E-state index in [1.54, 1.807) is 0 Å². The number of esters is 1. The van der Waals surface area contributed by atoms with Gasteiger partial charge in [0.1, 0.15) is 6.10 Å². The summed E-state index contributed by atoms with van der Waals surface area (Å²) in [5.74, 6) is -0.492. The van der Waals surface area contributed by atoms with Crippen LogP contribution in [0, 0.1) is 5.92 Å². The molecule has 1 saturated carbocycles. The maximum absolute atomic E-state index is 11.0. The quantitative estimate of drug-likeness (QED) is 0.548. The highest BCUT2D eigenvalue weighted by Crippen LogP contribution is 2.35. The van der Waals surface area contributed by atoms with Crippen molar-refractivity contribution in [1.82, 2.24) is 5.32 Å². The number of carbonyl (C=O) groups is 2. The van der Waals surface area contributed by atoms with Crippen molar-refractivity contribution in [3.05, 3.63) is 0 Å². The third kappa shape index (κ3) is 0.855. The molecule has 0 spiro atoms. The van der Waals surface area contributed by atoms with Crippen LogP contribution in [0.4, 0.5) is 4.79 Å². The lowest BCUT2D eigenvalue weighted by atomic mass is 9.77. The van der Waals surface area contributed by atoms with Gasteiger partial charge in [0.25, 0.3) is 0 Å². The molecule has 2 fully saturated rings. The summed E-state index contributed by atoms with van der Waals surface area (Å²) in [5.41, 5.74) is 0. The summed E-state index contributed by atoms with van der Waals surface area (Å²) in [7, 11) is 1.34. The molecule has 1 N–H and O–H groups in total. The van der Waals surface area contributed by atoms with Crippen molar-refractivity contribution in [2.45, 2.75) is 18.6 Å². The Morgan fingerprint density at radius 1 is 1.75 bits per heavy atom. The molecule has 2 aliphatic rings. The van der Waals surface area contributed by atoms with Gasteiger partial charge in [-0.2, -0.15) is 0 Å². The van der Waals surface area contributed by atoms with Gasteiger partial charge in [-0.15, -0.1) is 0 Å². The second-order valence-corrected chi connectivity index (χ2v) is 2.98. The highest BCUT2D eigenvalue weighted by Gasteiger charge is 2.53. The van der Waals surface area contributed by atoms with E-state index in [9.17, 15) is 9.59 Å². The Labute approximate surface area is 69.0 Å². The molecule has 66 valence electrons. The van der Waals surface area contributed by atoms with E-state index in [4.69, 9.17) is 4.74 Å². The Balaban J connectivity index is 1.99. The summed E-state index contributed by atoms with van der Waals surface area (Å²) >= 11 is 0. The van der Waals surface area contributed by atoms with E-state index in [1.807, 2.05) is 0 Å². The molecule has 0 unspecified atom stereocenters. The van der Waals surface area contributed by atoms with Crippen molar-refractivity contribution in [1.29, 1.82) is 0 Å². The molecule has 5 heteroatoms. The van der Waals surface area contributed by atoms with E-state index in [-0.39, 0.29) is 24.0 Å². The van der Waals surface area contributed by atoms with Crippen molar-refractivity contribution >= 4 is 12.1 Å². The van der Waals surface area contributed by atoms with Crippen molar-refractivity contribution in [3.63, 3.8) is 0 Å². The minimum Gasteiger partial charge on any atom is -0.469 e. The third-order valence-electron chi connectivity index (χ3n) is 2.37. The predicted octanol–water partition coefficient (Wildman–Crippen LogP) is -0.344. The molecule has 1 saturated heterocycles. The third-order valence-corrected chi connectivity index (χ3v) is 2.37. The van der Waals surface area contributed by atoms with Gasteiger partial charge in [-0.25, -0.2) is 4.79 Å². The van der Waals surface area contributed by atoms with E-state index in [0.29, 0.717) is 6.42 Å². The van der Waals surface area contributed by atoms with Crippen LogP contribution in [-0.4, -0.2) is 31.3 Å². The molecule has 1 aliphatic heterocycles.